The number of amides is 2. The Labute approximate surface area is 183 Å². The van der Waals surface area contributed by atoms with Crippen molar-refractivity contribution in [3.05, 3.63) is 95.2 Å². The molecule has 0 unspecified atom stereocenters. The zero-order valence-corrected chi connectivity index (χ0v) is 17.2. The van der Waals surface area contributed by atoms with E-state index in [0.29, 0.717) is 5.69 Å². The van der Waals surface area contributed by atoms with E-state index in [2.05, 4.69) is 0 Å². The van der Waals surface area contributed by atoms with Crippen LogP contribution in [-0.4, -0.2) is 17.9 Å². The van der Waals surface area contributed by atoms with Crippen LogP contribution in [0.2, 0.25) is 0 Å². The average Bonchev–Trinajstić information content (AvgIpc) is 3.52. The lowest BCUT2D eigenvalue weighted by Gasteiger charge is -2.28. The van der Waals surface area contributed by atoms with Gasteiger partial charge in [0.25, 0.3) is 5.91 Å². The molecule has 0 bridgehead atoms. The minimum Gasteiger partial charge on any atom is -0.273 e. The van der Waals surface area contributed by atoms with Crippen LogP contribution in [0, 0.1) is 5.92 Å². The van der Waals surface area contributed by atoms with Crippen molar-refractivity contribution in [2.24, 2.45) is 5.92 Å². The standard InChI is InChI=1S/C25H18N2O3S/c28-24-21-22(20-14-7-15-31-20)27(17-10-2-1-3-11-17)30-23(21)25(29)26(24)19-13-6-9-16-8-4-5-12-18(16)19/h1-15,21-23H/t21-,22+,23+/m0/s1. The van der Waals surface area contributed by atoms with Gasteiger partial charge < -0.3 is 0 Å². The van der Waals surface area contributed by atoms with E-state index in [9.17, 15) is 9.59 Å². The van der Waals surface area contributed by atoms with Gasteiger partial charge in [0.05, 0.1) is 11.4 Å². The van der Waals surface area contributed by atoms with E-state index in [1.54, 1.807) is 16.4 Å². The number of imide groups is 1. The van der Waals surface area contributed by atoms with Gasteiger partial charge in [0.1, 0.15) is 12.0 Å². The Morgan fingerprint density at radius 2 is 1.55 bits per heavy atom. The number of thiophene rings is 1. The number of hydrogen-bond donors (Lipinski definition) is 0. The molecule has 0 aliphatic carbocycles. The second kappa shape index (κ2) is 7.04. The Hall–Kier alpha value is -3.48. The monoisotopic (exact) mass is 426 g/mol. The van der Waals surface area contributed by atoms with Crippen molar-refractivity contribution < 1.29 is 14.4 Å². The number of para-hydroxylation sites is 1. The first-order valence-corrected chi connectivity index (χ1v) is 11.0. The fraction of sp³-hybridized carbons (Fsp3) is 0.120. The summed E-state index contributed by atoms with van der Waals surface area (Å²) in [7, 11) is 0. The van der Waals surface area contributed by atoms with Crippen molar-refractivity contribution in [3.8, 4) is 0 Å². The molecule has 2 aliphatic heterocycles. The molecule has 2 aliphatic rings. The number of rotatable bonds is 3. The van der Waals surface area contributed by atoms with Gasteiger partial charge in [0.2, 0.25) is 5.91 Å². The first-order valence-electron chi connectivity index (χ1n) is 10.1. The second-order valence-corrected chi connectivity index (χ2v) is 8.66. The third-order valence-corrected chi connectivity index (χ3v) is 6.91. The Morgan fingerprint density at radius 3 is 2.35 bits per heavy atom. The Bertz CT molecular complexity index is 1280. The van der Waals surface area contributed by atoms with Crippen molar-refractivity contribution in [3.63, 3.8) is 0 Å². The van der Waals surface area contributed by atoms with Crippen molar-refractivity contribution in [1.82, 2.24) is 0 Å². The van der Waals surface area contributed by atoms with Crippen molar-refractivity contribution >= 4 is 45.3 Å². The molecular formula is C25H18N2O3S. The number of nitrogens with zero attached hydrogens (tertiary/aromatic N) is 2. The quantitative estimate of drug-likeness (QED) is 0.435. The Balaban J connectivity index is 1.46. The molecule has 0 saturated carbocycles. The highest BCUT2D eigenvalue weighted by atomic mass is 32.1. The second-order valence-electron chi connectivity index (χ2n) is 7.68. The summed E-state index contributed by atoms with van der Waals surface area (Å²) in [4.78, 5) is 35.7. The average molecular weight is 426 g/mol. The molecule has 3 aromatic carbocycles. The fourth-order valence-electron chi connectivity index (χ4n) is 4.60. The number of fused-ring (bicyclic) bond motifs is 2. The number of carbonyl (C=O) groups excluding carboxylic acids is 2. The lowest BCUT2D eigenvalue weighted by molar-refractivity contribution is -0.126. The Morgan fingerprint density at radius 1 is 0.774 bits per heavy atom. The van der Waals surface area contributed by atoms with E-state index < -0.39 is 12.0 Å². The van der Waals surface area contributed by atoms with Crippen LogP contribution in [0.15, 0.2) is 90.3 Å². The van der Waals surface area contributed by atoms with E-state index >= 15 is 0 Å². The summed E-state index contributed by atoms with van der Waals surface area (Å²) >= 11 is 1.57. The van der Waals surface area contributed by atoms with Crippen molar-refractivity contribution in [2.75, 3.05) is 9.96 Å². The summed E-state index contributed by atoms with van der Waals surface area (Å²) < 4.78 is 0. The lowest BCUT2D eigenvalue weighted by Crippen LogP contribution is -2.37. The van der Waals surface area contributed by atoms with Gasteiger partial charge in [-0.3, -0.25) is 14.4 Å². The minimum atomic E-state index is -0.848. The van der Waals surface area contributed by atoms with Gasteiger partial charge in [-0.25, -0.2) is 9.96 Å². The first-order chi connectivity index (χ1) is 15.2. The molecule has 2 fully saturated rings. The molecule has 152 valence electrons. The van der Waals surface area contributed by atoms with Crippen LogP contribution in [0.4, 0.5) is 11.4 Å². The molecule has 5 nitrogen and oxygen atoms in total. The summed E-state index contributed by atoms with van der Waals surface area (Å²) in [6.07, 6.45) is -0.848. The van der Waals surface area contributed by atoms with E-state index in [4.69, 9.17) is 4.84 Å². The highest BCUT2D eigenvalue weighted by molar-refractivity contribution is 7.10. The highest BCUT2D eigenvalue weighted by Gasteiger charge is 2.60. The van der Waals surface area contributed by atoms with E-state index in [1.165, 1.54) is 4.90 Å². The molecule has 0 N–H and O–H groups in total. The lowest BCUT2D eigenvalue weighted by atomic mass is 9.95. The zero-order valence-electron chi connectivity index (χ0n) is 16.4. The maximum Gasteiger partial charge on any atom is 0.266 e. The van der Waals surface area contributed by atoms with Gasteiger partial charge in [-0.15, -0.1) is 11.3 Å². The smallest absolute Gasteiger partial charge is 0.266 e. The molecule has 31 heavy (non-hydrogen) atoms. The Kier molecular flexibility index (Phi) is 4.16. The molecule has 0 radical (unpaired) electrons. The summed E-state index contributed by atoms with van der Waals surface area (Å²) in [5.74, 6) is -1.14. The number of hydroxylamine groups is 1. The summed E-state index contributed by atoms with van der Waals surface area (Å²) in [5, 5.41) is 5.58. The van der Waals surface area contributed by atoms with E-state index in [-0.39, 0.29) is 17.9 Å². The third-order valence-electron chi connectivity index (χ3n) is 5.97. The maximum atomic E-state index is 13.7. The van der Waals surface area contributed by atoms with Gasteiger partial charge in [-0.1, -0.05) is 60.7 Å². The van der Waals surface area contributed by atoms with Gasteiger partial charge in [0.15, 0.2) is 6.10 Å². The molecule has 2 saturated heterocycles. The molecule has 0 spiro atoms. The predicted molar refractivity (Wildman–Crippen MR) is 121 cm³/mol. The molecule has 6 heteroatoms. The van der Waals surface area contributed by atoms with Crippen molar-refractivity contribution in [1.29, 1.82) is 0 Å². The molecule has 2 amide bonds. The van der Waals surface area contributed by atoms with Crippen molar-refractivity contribution in [2.45, 2.75) is 12.1 Å². The molecule has 3 heterocycles. The fourth-order valence-corrected chi connectivity index (χ4v) is 5.46. The molecular weight excluding hydrogens is 408 g/mol. The number of carbonyl (C=O) groups is 2. The number of hydrogen-bond acceptors (Lipinski definition) is 5. The summed E-state index contributed by atoms with van der Waals surface area (Å²) in [6, 6.07) is 26.7. The van der Waals surface area contributed by atoms with Gasteiger partial charge in [-0.05, 0) is 35.0 Å². The predicted octanol–water partition coefficient (Wildman–Crippen LogP) is 4.95. The van der Waals surface area contributed by atoms with Crippen LogP contribution in [-0.2, 0) is 14.4 Å². The zero-order chi connectivity index (χ0) is 20.9. The molecule has 3 atom stereocenters. The molecule has 4 aromatic rings. The number of anilines is 2. The number of benzene rings is 3. The summed E-state index contributed by atoms with van der Waals surface area (Å²) in [6.45, 7) is 0. The van der Waals surface area contributed by atoms with Crippen LogP contribution < -0.4 is 9.96 Å². The first kappa shape index (κ1) is 18.3. The van der Waals surface area contributed by atoms with Gasteiger partial charge in [0, 0.05) is 10.3 Å². The van der Waals surface area contributed by atoms with Gasteiger partial charge in [-0.2, -0.15) is 0 Å². The van der Waals surface area contributed by atoms with E-state index in [0.717, 1.165) is 21.3 Å². The van der Waals surface area contributed by atoms with Crippen LogP contribution in [0.25, 0.3) is 10.8 Å². The maximum absolute atomic E-state index is 13.7. The van der Waals surface area contributed by atoms with E-state index in [1.807, 2.05) is 90.3 Å². The van der Waals surface area contributed by atoms with Gasteiger partial charge >= 0.3 is 0 Å². The largest absolute Gasteiger partial charge is 0.273 e. The van der Waals surface area contributed by atoms with Crippen LogP contribution in [0.3, 0.4) is 0 Å². The highest BCUT2D eigenvalue weighted by Crippen LogP contribution is 2.49. The normalized spacial score (nSPS) is 23.0. The topological polar surface area (TPSA) is 49.9 Å². The molecule has 6 rings (SSSR count). The summed E-state index contributed by atoms with van der Waals surface area (Å²) in [5.41, 5.74) is 1.44. The van der Waals surface area contributed by atoms with Crippen LogP contribution in [0.5, 0.6) is 0 Å². The minimum absolute atomic E-state index is 0.219. The van der Waals surface area contributed by atoms with Crippen LogP contribution >= 0.6 is 11.3 Å². The molecule has 1 aromatic heterocycles. The third kappa shape index (κ3) is 2.72. The SMILES string of the molecule is O=C1[C@H]2[C@@H](c3cccs3)N(c3ccccc3)O[C@H]2C(=O)N1c1cccc2ccccc12. The van der Waals surface area contributed by atoms with Crippen LogP contribution in [0.1, 0.15) is 10.9 Å².